The Morgan fingerprint density at radius 2 is 1.83 bits per heavy atom. The molecule has 0 bridgehead atoms. The van der Waals surface area contributed by atoms with E-state index in [2.05, 4.69) is 5.32 Å². The van der Waals surface area contributed by atoms with Gasteiger partial charge in [0, 0.05) is 17.8 Å². The summed E-state index contributed by atoms with van der Waals surface area (Å²) in [7, 11) is -2.36. The van der Waals surface area contributed by atoms with Crippen LogP contribution < -0.4 is 5.32 Å². The third kappa shape index (κ3) is 3.27. The number of fused-ring (bicyclic) bond motifs is 1. The number of hydrogen-bond acceptors (Lipinski definition) is 3. The van der Waals surface area contributed by atoms with Crippen LogP contribution in [0.4, 0.5) is 4.39 Å². The molecule has 4 rings (SSSR count). The summed E-state index contributed by atoms with van der Waals surface area (Å²) in [5.41, 5.74) is 2.14. The average Bonchev–Trinajstić information content (AvgIpc) is 3.26. The van der Waals surface area contributed by atoms with Crippen LogP contribution in [0, 0.1) is 5.82 Å². The molecular weight excluding hydrogens is 458 g/mol. The molecule has 152 valence electrons. The molecule has 2 aromatic carbocycles. The third-order valence-electron chi connectivity index (χ3n) is 5.18. The molecule has 0 amide bonds. The second-order valence-electron chi connectivity index (χ2n) is 6.75. The fourth-order valence-corrected chi connectivity index (χ4v) is 6.15. The van der Waals surface area contributed by atoms with Crippen molar-refractivity contribution in [3.8, 4) is 11.3 Å². The van der Waals surface area contributed by atoms with Gasteiger partial charge in [0.2, 0.25) is 0 Å². The van der Waals surface area contributed by atoms with Crippen molar-refractivity contribution < 1.29 is 12.8 Å². The number of rotatable bonds is 4. The first-order valence-electron chi connectivity index (χ1n) is 8.82. The highest BCUT2D eigenvalue weighted by Gasteiger charge is 2.34. The molecule has 1 aliphatic carbocycles. The zero-order valence-corrected chi connectivity index (χ0v) is 18.3. The monoisotopic (exact) mass is 472 g/mol. The van der Waals surface area contributed by atoms with Crippen LogP contribution in [0.25, 0.3) is 11.3 Å². The molecule has 1 heterocycles. The topological polar surface area (TPSA) is 51.1 Å². The molecule has 1 atom stereocenters. The van der Waals surface area contributed by atoms with Gasteiger partial charge in [-0.25, -0.2) is 16.8 Å². The van der Waals surface area contributed by atoms with E-state index in [1.54, 1.807) is 24.4 Å². The highest BCUT2D eigenvalue weighted by Crippen LogP contribution is 2.43. The molecule has 4 nitrogen and oxygen atoms in total. The summed E-state index contributed by atoms with van der Waals surface area (Å²) >= 11 is 18.2. The van der Waals surface area contributed by atoms with Gasteiger partial charge >= 0.3 is 0 Å². The van der Waals surface area contributed by atoms with Crippen LogP contribution in [0.1, 0.15) is 23.6 Å². The smallest absolute Gasteiger partial charge is 0.269 e. The normalized spacial score (nSPS) is 16.2. The Morgan fingerprint density at radius 1 is 1.10 bits per heavy atom. The van der Waals surface area contributed by atoms with Crippen LogP contribution in [0.15, 0.2) is 47.5 Å². The summed E-state index contributed by atoms with van der Waals surface area (Å²) in [5.74, 6) is -0.502. The lowest BCUT2D eigenvalue weighted by molar-refractivity contribution is 0.578. The number of nitrogens with one attached hydrogen (secondary N) is 1. The first-order chi connectivity index (χ1) is 13.8. The summed E-state index contributed by atoms with van der Waals surface area (Å²) in [6.07, 6.45) is 2.97. The van der Waals surface area contributed by atoms with Crippen LogP contribution in [0.2, 0.25) is 15.1 Å². The second-order valence-corrected chi connectivity index (χ2v) is 9.69. The van der Waals surface area contributed by atoms with Crippen molar-refractivity contribution in [2.45, 2.75) is 23.8 Å². The number of hydrogen-bond donors (Lipinski definition) is 1. The molecule has 1 aliphatic rings. The van der Waals surface area contributed by atoms with E-state index in [-0.39, 0.29) is 31.6 Å². The fourth-order valence-electron chi connectivity index (χ4n) is 3.78. The van der Waals surface area contributed by atoms with E-state index < -0.39 is 15.8 Å². The molecule has 0 saturated carbocycles. The fraction of sp³-hybridized carbons (Fsp3) is 0.200. The Hall–Kier alpha value is -1.57. The minimum atomic E-state index is -4.17. The minimum Gasteiger partial charge on any atom is -0.313 e. The zero-order chi connectivity index (χ0) is 20.9. The Kier molecular flexibility index (Phi) is 5.42. The van der Waals surface area contributed by atoms with Crippen LogP contribution in [0.3, 0.4) is 0 Å². The average molecular weight is 474 g/mol. The molecule has 3 aromatic rings. The lowest BCUT2D eigenvalue weighted by Crippen LogP contribution is -2.16. The summed E-state index contributed by atoms with van der Waals surface area (Å²) in [4.78, 5) is -0.194. The van der Waals surface area contributed by atoms with Crippen molar-refractivity contribution in [2.24, 2.45) is 0 Å². The Morgan fingerprint density at radius 3 is 2.52 bits per heavy atom. The van der Waals surface area contributed by atoms with Gasteiger partial charge in [0.25, 0.3) is 10.0 Å². The van der Waals surface area contributed by atoms with E-state index in [0.29, 0.717) is 12.1 Å². The molecule has 0 saturated heterocycles. The van der Waals surface area contributed by atoms with E-state index >= 15 is 0 Å². The third-order valence-corrected chi connectivity index (χ3v) is 8.29. The number of halogens is 4. The molecule has 1 aromatic heterocycles. The summed E-state index contributed by atoms with van der Waals surface area (Å²) in [5, 5.41) is 3.11. The SMILES string of the molecule is CNC1CCc2c1cn(S(=O)(=O)c1ccc(Cl)c(Cl)c1Cl)c2-c1ccccc1F. The Labute approximate surface area is 183 Å². The predicted octanol–water partition coefficient (Wildman–Crippen LogP) is 5.70. The summed E-state index contributed by atoms with van der Waals surface area (Å²) < 4.78 is 42.9. The molecule has 0 spiro atoms. The van der Waals surface area contributed by atoms with E-state index in [4.69, 9.17) is 34.8 Å². The van der Waals surface area contributed by atoms with Gasteiger partial charge in [0.1, 0.15) is 10.7 Å². The van der Waals surface area contributed by atoms with Gasteiger partial charge < -0.3 is 5.32 Å². The van der Waals surface area contributed by atoms with Gasteiger partial charge in [0.05, 0.1) is 20.8 Å². The van der Waals surface area contributed by atoms with Gasteiger partial charge in [-0.1, -0.05) is 46.9 Å². The van der Waals surface area contributed by atoms with Gasteiger partial charge in [0.15, 0.2) is 0 Å². The molecule has 0 fully saturated rings. The van der Waals surface area contributed by atoms with Gasteiger partial charge in [-0.2, -0.15) is 0 Å². The molecule has 9 heteroatoms. The largest absolute Gasteiger partial charge is 0.313 e. The van der Waals surface area contributed by atoms with E-state index in [0.717, 1.165) is 21.5 Å². The molecule has 0 aliphatic heterocycles. The van der Waals surface area contributed by atoms with Gasteiger partial charge in [-0.3, -0.25) is 0 Å². The van der Waals surface area contributed by atoms with Crippen molar-refractivity contribution in [1.29, 1.82) is 0 Å². The summed E-state index contributed by atoms with van der Waals surface area (Å²) in [6, 6.07) is 8.77. The predicted molar refractivity (Wildman–Crippen MR) is 114 cm³/mol. The van der Waals surface area contributed by atoms with Crippen molar-refractivity contribution in [2.75, 3.05) is 7.05 Å². The van der Waals surface area contributed by atoms with Crippen LogP contribution in [-0.4, -0.2) is 19.4 Å². The lowest BCUT2D eigenvalue weighted by atomic mass is 10.1. The number of benzene rings is 2. The van der Waals surface area contributed by atoms with Crippen molar-refractivity contribution in [3.63, 3.8) is 0 Å². The minimum absolute atomic E-state index is 0.0174. The van der Waals surface area contributed by atoms with Crippen LogP contribution in [0.5, 0.6) is 0 Å². The van der Waals surface area contributed by atoms with Crippen molar-refractivity contribution in [3.05, 3.63) is 74.6 Å². The maximum Gasteiger partial charge on any atom is 0.269 e. The van der Waals surface area contributed by atoms with Gasteiger partial charge in [-0.15, -0.1) is 0 Å². The quantitative estimate of drug-likeness (QED) is 0.495. The molecule has 0 radical (unpaired) electrons. The highest BCUT2D eigenvalue weighted by atomic mass is 35.5. The molecular formula is C20H16Cl3FN2O2S. The highest BCUT2D eigenvalue weighted by molar-refractivity contribution is 7.90. The molecule has 29 heavy (non-hydrogen) atoms. The molecule has 1 N–H and O–H groups in total. The zero-order valence-electron chi connectivity index (χ0n) is 15.2. The standard InChI is InChI=1S/C20H16Cl3FN2O2S/c1-25-16-8-6-11-13(16)10-26(20(11)12-4-2-3-5-15(12)24)29(27,28)17-9-7-14(21)18(22)19(17)23/h2-5,7,9-10,16,25H,6,8H2,1H3. The molecule has 1 unspecified atom stereocenters. The van der Waals surface area contributed by atoms with Crippen LogP contribution in [-0.2, 0) is 16.4 Å². The van der Waals surface area contributed by atoms with Gasteiger partial charge in [-0.05, 0) is 55.3 Å². The first kappa shape index (κ1) is 20.7. The maximum absolute atomic E-state index is 14.7. The Bertz CT molecular complexity index is 1220. The van der Waals surface area contributed by atoms with E-state index in [1.807, 2.05) is 7.05 Å². The van der Waals surface area contributed by atoms with E-state index in [9.17, 15) is 12.8 Å². The van der Waals surface area contributed by atoms with Crippen LogP contribution >= 0.6 is 34.8 Å². The number of nitrogens with zero attached hydrogens (tertiary/aromatic N) is 1. The summed E-state index contributed by atoms with van der Waals surface area (Å²) in [6.45, 7) is 0. The second kappa shape index (κ2) is 7.60. The lowest BCUT2D eigenvalue weighted by Gasteiger charge is -2.15. The maximum atomic E-state index is 14.7. The first-order valence-corrected chi connectivity index (χ1v) is 11.4. The number of aromatic nitrogens is 1. The Balaban J connectivity index is 2.02. The van der Waals surface area contributed by atoms with E-state index in [1.165, 1.54) is 18.2 Å². The van der Waals surface area contributed by atoms with Crippen molar-refractivity contribution in [1.82, 2.24) is 9.29 Å². The van der Waals surface area contributed by atoms with Crippen molar-refractivity contribution >= 4 is 44.8 Å².